The van der Waals surface area contributed by atoms with Crippen LogP contribution in [0, 0.1) is 11.8 Å². The van der Waals surface area contributed by atoms with Gasteiger partial charge in [-0.15, -0.1) is 0 Å². The number of rotatable bonds is 2. The molecule has 1 N–H and O–H groups in total. The first-order valence-corrected chi connectivity index (χ1v) is 6.52. The maximum absolute atomic E-state index is 12.0. The van der Waals surface area contributed by atoms with Crippen LogP contribution in [-0.2, 0) is 9.53 Å². The minimum Gasteiger partial charge on any atom is -0.480 e. The number of aliphatic carboxylic acids is 1. The van der Waals surface area contributed by atoms with Crippen LogP contribution >= 0.6 is 0 Å². The number of carboxylic acids is 1. The van der Waals surface area contributed by atoms with Gasteiger partial charge in [-0.3, -0.25) is 4.90 Å². The Bertz CT molecular complexity index is 356. The van der Waals surface area contributed by atoms with E-state index in [2.05, 4.69) is 0 Å². The van der Waals surface area contributed by atoms with Gasteiger partial charge in [0, 0.05) is 6.54 Å². The number of carboxylic acid groups (broad SMARTS) is 1. The lowest BCUT2D eigenvalue weighted by Crippen LogP contribution is -2.45. The van der Waals surface area contributed by atoms with E-state index in [0.29, 0.717) is 12.5 Å². The standard InChI is InChI=1S/C13H21NO4/c1-13(2,3)18-12(17)14-7-6-9(8-4-5-8)10(14)11(15)16/h8-10H,4-7H2,1-3H3,(H,15,16). The van der Waals surface area contributed by atoms with Crippen molar-refractivity contribution in [3.63, 3.8) is 0 Å². The summed E-state index contributed by atoms with van der Waals surface area (Å²) in [4.78, 5) is 24.8. The molecule has 0 aromatic heterocycles. The largest absolute Gasteiger partial charge is 0.480 e. The Morgan fingerprint density at radius 3 is 2.28 bits per heavy atom. The number of carbonyl (C=O) groups excluding carboxylic acids is 1. The fraction of sp³-hybridized carbons (Fsp3) is 0.846. The van der Waals surface area contributed by atoms with E-state index in [-0.39, 0.29) is 5.92 Å². The van der Waals surface area contributed by atoms with Gasteiger partial charge >= 0.3 is 12.1 Å². The molecule has 1 aliphatic carbocycles. The molecule has 0 aromatic carbocycles. The summed E-state index contributed by atoms with van der Waals surface area (Å²) >= 11 is 0. The molecule has 5 nitrogen and oxygen atoms in total. The third kappa shape index (κ3) is 2.76. The van der Waals surface area contributed by atoms with Gasteiger partial charge in [0.05, 0.1) is 0 Å². The van der Waals surface area contributed by atoms with Gasteiger partial charge in [-0.2, -0.15) is 0 Å². The van der Waals surface area contributed by atoms with Crippen molar-refractivity contribution in [1.82, 2.24) is 4.90 Å². The molecule has 2 unspecified atom stereocenters. The van der Waals surface area contributed by atoms with E-state index >= 15 is 0 Å². The van der Waals surface area contributed by atoms with Crippen molar-refractivity contribution in [1.29, 1.82) is 0 Å². The van der Waals surface area contributed by atoms with Crippen LogP contribution in [0.4, 0.5) is 4.79 Å². The summed E-state index contributed by atoms with van der Waals surface area (Å²) in [5, 5.41) is 9.33. The Balaban J connectivity index is 2.07. The summed E-state index contributed by atoms with van der Waals surface area (Å²) < 4.78 is 5.27. The van der Waals surface area contributed by atoms with Crippen LogP contribution in [0.1, 0.15) is 40.0 Å². The monoisotopic (exact) mass is 255 g/mol. The Labute approximate surface area is 107 Å². The maximum Gasteiger partial charge on any atom is 0.411 e. The number of likely N-dealkylation sites (tertiary alicyclic amines) is 1. The number of amides is 1. The molecule has 2 rings (SSSR count). The first-order valence-electron chi connectivity index (χ1n) is 6.52. The van der Waals surface area contributed by atoms with Crippen molar-refractivity contribution in [2.45, 2.75) is 51.7 Å². The van der Waals surface area contributed by atoms with Gasteiger partial charge in [0.15, 0.2) is 0 Å². The lowest BCUT2D eigenvalue weighted by atomic mass is 9.95. The molecule has 5 heteroatoms. The van der Waals surface area contributed by atoms with Gasteiger partial charge in [0.2, 0.25) is 0 Å². The Morgan fingerprint density at radius 2 is 1.83 bits per heavy atom. The summed E-state index contributed by atoms with van der Waals surface area (Å²) in [5.41, 5.74) is -0.586. The second-order valence-electron chi connectivity index (χ2n) is 6.25. The number of hydrogen-bond donors (Lipinski definition) is 1. The van der Waals surface area contributed by atoms with Gasteiger partial charge in [0.25, 0.3) is 0 Å². The molecule has 102 valence electrons. The van der Waals surface area contributed by atoms with Crippen LogP contribution in [0.15, 0.2) is 0 Å². The SMILES string of the molecule is CC(C)(C)OC(=O)N1CCC(C2CC2)C1C(=O)O. The molecule has 1 saturated carbocycles. The number of nitrogens with zero attached hydrogens (tertiary/aromatic N) is 1. The second kappa shape index (κ2) is 4.44. The summed E-state index contributed by atoms with van der Waals surface area (Å²) in [6.45, 7) is 5.85. The highest BCUT2D eigenvalue weighted by molar-refractivity contribution is 5.81. The Kier molecular flexibility index (Phi) is 3.25. The summed E-state index contributed by atoms with van der Waals surface area (Å²) in [5.74, 6) is -0.316. The van der Waals surface area contributed by atoms with Crippen LogP contribution in [0.25, 0.3) is 0 Å². The van der Waals surface area contributed by atoms with Crippen molar-refractivity contribution in [2.75, 3.05) is 6.54 Å². The van der Waals surface area contributed by atoms with E-state index < -0.39 is 23.7 Å². The molecule has 0 aromatic rings. The van der Waals surface area contributed by atoms with Crippen LogP contribution in [0.3, 0.4) is 0 Å². The smallest absolute Gasteiger partial charge is 0.411 e. The molecular weight excluding hydrogens is 234 g/mol. The molecule has 1 aliphatic heterocycles. The van der Waals surface area contributed by atoms with E-state index in [4.69, 9.17) is 4.74 Å². The highest BCUT2D eigenvalue weighted by Crippen LogP contribution is 2.44. The summed E-state index contributed by atoms with van der Waals surface area (Å²) in [7, 11) is 0. The van der Waals surface area contributed by atoms with Gasteiger partial charge in [0.1, 0.15) is 11.6 Å². The summed E-state index contributed by atoms with van der Waals surface area (Å²) in [6.07, 6.45) is 2.46. The molecule has 1 amide bonds. The van der Waals surface area contributed by atoms with E-state index in [0.717, 1.165) is 19.3 Å². The van der Waals surface area contributed by atoms with Gasteiger partial charge < -0.3 is 9.84 Å². The van der Waals surface area contributed by atoms with E-state index in [9.17, 15) is 14.7 Å². The number of ether oxygens (including phenoxy) is 1. The van der Waals surface area contributed by atoms with Crippen LogP contribution in [0.5, 0.6) is 0 Å². The minimum absolute atomic E-state index is 0.106. The topological polar surface area (TPSA) is 66.8 Å². The lowest BCUT2D eigenvalue weighted by molar-refractivity contribution is -0.143. The molecule has 1 heterocycles. The Hall–Kier alpha value is -1.26. The summed E-state index contributed by atoms with van der Waals surface area (Å²) in [6, 6.07) is -0.702. The van der Waals surface area contributed by atoms with Crippen molar-refractivity contribution >= 4 is 12.1 Å². The van der Waals surface area contributed by atoms with Crippen LogP contribution < -0.4 is 0 Å². The molecular formula is C13H21NO4. The van der Waals surface area contributed by atoms with Crippen molar-refractivity contribution in [3.8, 4) is 0 Å². The molecule has 2 atom stereocenters. The molecule has 0 bridgehead atoms. The Morgan fingerprint density at radius 1 is 1.22 bits per heavy atom. The zero-order valence-corrected chi connectivity index (χ0v) is 11.2. The zero-order chi connectivity index (χ0) is 13.5. The predicted molar refractivity (Wildman–Crippen MR) is 65.2 cm³/mol. The maximum atomic E-state index is 12.0. The van der Waals surface area contributed by atoms with Crippen molar-refractivity contribution < 1.29 is 19.4 Å². The molecule has 18 heavy (non-hydrogen) atoms. The van der Waals surface area contributed by atoms with Crippen LogP contribution in [-0.4, -0.2) is 40.3 Å². The fourth-order valence-corrected chi connectivity index (χ4v) is 2.68. The number of carbonyl (C=O) groups is 2. The highest BCUT2D eigenvalue weighted by atomic mass is 16.6. The van der Waals surface area contributed by atoms with Crippen molar-refractivity contribution in [2.24, 2.45) is 11.8 Å². The lowest BCUT2D eigenvalue weighted by Gasteiger charge is -2.28. The first-order chi connectivity index (χ1) is 8.29. The fourth-order valence-electron chi connectivity index (χ4n) is 2.68. The third-order valence-corrected chi connectivity index (χ3v) is 3.55. The van der Waals surface area contributed by atoms with Crippen LogP contribution in [0.2, 0.25) is 0 Å². The quantitative estimate of drug-likeness (QED) is 0.820. The van der Waals surface area contributed by atoms with Gasteiger partial charge in [-0.05, 0) is 51.9 Å². The predicted octanol–water partition coefficient (Wildman–Crippen LogP) is 2.11. The third-order valence-electron chi connectivity index (χ3n) is 3.55. The van der Waals surface area contributed by atoms with Gasteiger partial charge in [-0.1, -0.05) is 0 Å². The molecule has 1 saturated heterocycles. The average Bonchev–Trinajstić information content (AvgIpc) is 2.93. The van der Waals surface area contributed by atoms with Crippen molar-refractivity contribution in [3.05, 3.63) is 0 Å². The van der Waals surface area contributed by atoms with Gasteiger partial charge in [-0.25, -0.2) is 9.59 Å². The normalized spacial score (nSPS) is 28.3. The molecule has 0 spiro atoms. The average molecular weight is 255 g/mol. The second-order valence-corrected chi connectivity index (χ2v) is 6.25. The zero-order valence-electron chi connectivity index (χ0n) is 11.2. The van der Waals surface area contributed by atoms with E-state index in [1.54, 1.807) is 20.8 Å². The molecule has 2 aliphatic rings. The molecule has 0 radical (unpaired) electrons. The minimum atomic E-state index is -0.907. The first kappa shape index (κ1) is 13.2. The van der Waals surface area contributed by atoms with E-state index in [1.807, 2.05) is 0 Å². The van der Waals surface area contributed by atoms with E-state index in [1.165, 1.54) is 4.90 Å². The molecule has 2 fully saturated rings. The number of hydrogen-bond acceptors (Lipinski definition) is 3. The highest BCUT2D eigenvalue weighted by Gasteiger charge is 2.49.